The van der Waals surface area contributed by atoms with Crippen molar-refractivity contribution >= 4 is 23.4 Å². The summed E-state index contributed by atoms with van der Waals surface area (Å²) in [5.74, 6) is 0.309. The molecule has 0 heterocycles. The minimum atomic E-state index is -0.246. The van der Waals surface area contributed by atoms with Crippen LogP contribution in [-0.2, 0) is 9.53 Å². The van der Waals surface area contributed by atoms with Gasteiger partial charge >= 0.3 is 5.97 Å². The highest BCUT2D eigenvalue weighted by atomic mass is 35.5. The number of allylic oxidation sites excluding steroid dienone is 2. The zero-order valence-electron chi connectivity index (χ0n) is 10.9. The second-order valence-corrected chi connectivity index (χ2v) is 5.86. The summed E-state index contributed by atoms with van der Waals surface area (Å²) in [5.41, 5.74) is 0.509. The summed E-state index contributed by atoms with van der Waals surface area (Å²) >= 11 is 5.76. The topological polar surface area (TPSA) is 43.4 Å². The summed E-state index contributed by atoms with van der Waals surface area (Å²) in [5, 5.41) is 0.576. The molecule has 1 aromatic rings. The van der Waals surface area contributed by atoms with Gasteiger partial charge in [-0.2, -0.15) is 0 Å². The molecule has 3 atom stereocenters. The summed E-state index contributed by atoms with van der Waals surface area (Å²) < 4.78 is 5.17. The molecule has 1 fully saturated rings. The lowest BCUT2D eigenvalue weighted by Gasteiger charge is -2.16. The Morgan fingerprint density at radius 1 is 1.15 bits per heavy atom. The zero-order valence-corrected chi connectivity index (χ0v) is 11.7. The Kier molecular flexibility index (Phi) is 3.62. The molecule has 104 valence electrons. The van der Waals surface area contributed by atoms with E-state index in [-0.39, 0.29) is 24.3 Å². The minimum absolute atomic E-state index is 0.0667. The van der Waals surface area contributed by atoms with E-state index in [1.807, 2.05) is 0 Å². The summed E-state index contributed by atoms with van der Waals surface area (Å²) in [6.45, 7) is -0.196. The third kappa shape index (κ3) is 2.63. The number of hydrogen-bond donors (Lipinski definition) is 0. The third-order valence-corrected chi connectivity index (χ3v) is 4.35. The number of hydrogen-bond acceptors (Lipinski definition) is 3. The highest BCUT2D eigenvalue weighted by Gasteiger charge is 2.40. The van der Waals surface area contributed by atoms with Crippen LogP contribution in [0.4, 0.5) is 0 Å². The maximum absolute atomic E-state index is 12.0. The fourth-order valence-electron chi connectivity index (χ4n) is 3.01. The van der Waals surface area contributed by atoms with E-state index in [4.69, 9.17) is 16.3 Å². The predicted molar refractivity (Wildman–Crippen MR) is 75.6 cm³/mol. The fraction of sp³-hybridized carbons (Fsp3) is 0.375. The van der Waals surface area contributed by atoms with Crippen molar-refractivity contribution in [2.24, 2.45) is 17.8 Å². The summed E-state index contributed by atoms with van der Waals surface area (Å²) in [6.07, 6.45) is 6.18. The Bertz CT molecular complexity index is 562. The number of esters is 1. The highest BCUT2D eigenvalue weighted by Crippen LogP contribution is 2.43. The fourth-order valence-corrected chi connectivity index (χ4v) is 3.14. The first-order chi connectivity index (χ1) is 9.63. The van der Waals surface area contributed by atoms with Crippen LogP contribution in [-0.4, -0.2) is 18.4 Å². The van der Waals surface area contributed by atoms with Crippen LogP contribution in [0.5, 0.6) is 0 Å². The lowest BCUT2D eigenvalue weighted by Crippen LogP contribution is -2.24. The molecule has 0 N–H and O–H groups in total. The molecule has 0 amide bonds. The van der Waals surface area contributed by atoms with Gasteiger partial charge in [-0.15, -0.1) is 0 Å². The van der Waals surface area contributed by atoms with Gasteiger partial charge in [-0.05, 0) is 48.9 Å². The highest BCUT2D eigenvalue weighted by molar-refractivity contribution is 6.30. The van der Waals surface area contributed by atoms with Crippen molar-refractivity contribution < 1.29 is 14.3 Å². The monoisotopic (exact) mass is 290 g/mol. The molecule has 3 rings (SSSR count). The van der Waals surface area contributed by atoms with Gasteiger partial charge in [-0.1, -0.05) is 23.8 Å². The van der Waals surface area contributed by atoms with E-state index < -0.39 is 0 Å². The van der Waals surface area contributed by atoms with Gasteiger partial charge in [-0.25, -0.2) is 0 Å². The van der Waals surface area contributed by atoms with Crippen molar-refractivity contribution in [3.63, 3.8) is 0 Å². The molecule has 3 nitrogen and oxygen atoms in total. The molecular weight excluding hydrogens is 276 g/mol. The lowest BCUT2D eigenvalue weighted by molar-refractivity contribution is -0.148. The van der Waals surface area contributed by atoms with E-state index in [1.165, 1.54) is 0 Å². The first-order valence-corrected chi connectivity index (χ1v) is 7.15. The second kappa shape index (κ2) is 5.41. The second-order valence-electron chi connectivity index (χ2n) is 5.42. The van der Waals surface area contributed by atoms with Crippen molar-refractivity contribution in [1.82, 2.24) is 0 Å². The molecule has 20 heavy (non-hydrogen) atoms. The van der Waals surface area contributed by atoms with Gasteiger partial charge < -0.3 is 4.74 Å². The Morgan fingerprint density at radius 3 is 2.50 bits per heavy atom. The number of benzene rings is 1. The zero-order chi connectivity index (χ0) is 14.1. The molecule has 0 saturated heterocycles. The van der Waals surface area contributed by atoms with Crippen LogP contribution in [0.25, 0.3) is 0 Å². The first-order valence-electron chi connectivity index (χ1n) is 6.77. The number of ketones is 1. The number of ether oxygens (including phenoxy) is 1. The summed E-state index contributed by atoms with van der Waals surface area (Å²) in [4.78, 5) is 23.9. The van der Waals surface area contributed by atoms with E-state index in [0.29, 0.717) is 22.4 Å². The Balaban J connectivity index is 1.54. The van der Waals surface area contributed by atoms with Crippen LogP contribution in [0.1, 0.15) is 23.2 Å². The average molecular weight is 291 g/mol. The van der Waals surface area contributed by atoms with Crippen molar-refractivity contribution in [2.75, 3.05) is 6.61 Å². The van der Waals surface area contributed by atoms with Crippen LogP contribution in [0.15, 0.2) is 36.4 Å². The molecule has 4 heteroatoms. The van der Waals surface area contributed by atoms with Gasteiger partial charge in [0.15, 0.2) is 12.4 Å². The standard InChI is InChI=1S/C16H15ClO3/c17-13-5-3-11(4-6-13)15(18)9-20-16(19)14-8-10-1-2-12(14)7-10/h1-6,10,12,14H,7-9H2/t10-,12+,14-/m1/s1. The van der Waals surface area contributed by atoms with E-state index >= 15 is 0 Å². The van der Waals surface area contributed by atoms with Crippen LogP contribution in [0.2, 0.25) is 5.02 Å². The Hall–Kier alpha value is -1.61. The molecule has 2 bridgehead atoms. The van der Waals surface area contributed by atoms with E-state index in [0.717, 1.165) is 12.8 Å². The molecule has 0 radical (unpaired) electrons. The molecule has 0 unspecified atom stereocenters. The third-order valence-electron chi connectivity index (χ3n) is 4.09. The quantitative estimate of drug-likeness (QED) is 0.485. The van der Waals surface area contributed by atoms with Crippen molar-refractivity contribution in [2.45, 2.75) is 12.8 Å². The Morgan fingerprint density at radius 2 is 1.90 bits per heavy atom. The van der Waals surface area contributed by atoms with Crippen molar-refractivity contribution in [1.29, 1.82) is 0 Å². The molecule has 1 aromatic carbocycles. The van der Waals surface area contributed by atoms with Crippen LogP contribution >= 0.6 is 11.6 Å². The van der Waals surface area contributed by atoms with Gasteiger partial charge in [0, 0.05) is 10.6 Å². The largest absolute Gasteiger partial charge is 0.457 e. The molecule has 0 spiro atoms. The average Bonchev–Trinajstić information content (AvgIpc) is 3.08. The molecule has 1 saturated carbocycles. The molecule has 2 aliphatic carbocycles. The lowest BCUT2D eigenvalue weighted by atomic mass is 9.94. The number of fused-ring (bicyclic) bond motifs is 2. The summed E-state index contributed by atoms with van der Waals surface area (Å²) in [6, 6.07) is 6.58. The molecule has 2 aliphatic rings. The van der Waals surface area contributed by atoms with Gasteiger partial charge in [0.1, 0.15) is 0 Å². The van der Waals surface area contributed by atoms with E-state index in [2.05, 4.69) is 12.2 Å². The first kappa shape index (κ1) is 13.4. The number of carbonyl (C=O) groups is 2. The number of halogens is 1. The van der Waals surface area contributed by atoms with Gasteiger partial charge in [0.25, 0.3) is 0 Å². The molecule has 0 aliphatic heterocycles. The van der Waals surface area contributed by atoms with Crippen LogP contribution < -0.4 is 0 Å². The molecule has 0 aromatic heterocycles. The summed E-state index contributed by atoms with van der Waals surface area (Å²) in [7, 11) is 0. The van der Waals surface area contributed by atoms with Gasteiger partial charge in [-0.3, -0.25) is 9.59 Å². The predicted octanol–water partition coefficient (Wildman–Crippen LogP) is 3.28. The van der Waals surface area contributed by atoms with E-state index in [9.17, 15) is 9.59 Å². The maximum Gasteiger partial charge on any atom is 0.310 e. The number of Topliss-reactive ketones (excluding diaryl/α,β-unsaturated/α-hetero) is 1. The Labute approximate surface area is 122 Å². The van der Waals surface area contributed by atoms with Gasteiger partial charge in [0.2, 0.25) is 0 Å². The maximum atomic E-state index is 12.0. The van der Waals surface area contributed by atoms with Crippen LogP contribution in [0, 0.1) is 17.8 Å². The van der Waals surface area contributed by atoms with Gasteiger partial charge in [0.05, 0.1) is 5.92 Å². The van der Waals surface area contributed by atoms with E-state index in [1.54, 1.807) is 24.3 Å². The number of rotatable bonds is 4. The van der Waals surface area contributed by atoms with Crippen molar-refractivity contribution in [3.05, 3.63) is 47.0 Å². The minimum Gasteiger partial charge on any atom is -0.457 e. The smallest absolute Gasteiger partial charge is 0.310 e. The molecular formula is C16H15ClO3. The van der Waals surface area contributed by atoms with Crippen LogP contribution in [0.3, 0.4) is 0 Å². The SMILES string of the molecule is O=C(COC(=O)[C@@H]1C[C@@H]2C=C[C@H]1C2)c1ccc(Cl)cc1. The number of carbonyl (C=O) groups excluding carboxylic acids is 2. The van der Waals surface area contributed by atoms with Crippen molar-refractivity contribution in [3.8, 4) is 0 Å². The normalized spacial score (nSPS) is 26.8.